The van der Waals surface area contributed by atoms with E-state index in [9.17, 15) is 9.59 Å². The molecule has 0 spiro atoms. The Morgan fingerprint density at radius 3 is 2.32 bits per heavy atom. The fourth-order valence-corrected chi connectivity index (χ4v) is 2.02. The average molecular weight is 301 g/mol. The second kappa shape index (κ2) is 6.01. The molecule has 1 heterocycles. The highest BCUT2D eigenvalue weighted by Crippen LogP contribution is 2.29. The lowest BCUT2D eigenvalue weighted by Crippen LogP contribution is -2.30. The van der Waals surface area contributed by atoms with Gasteiger partial charge in [-0.05, 0) is 24.0 Å². The molecular formula is C16H19N3O3. The molecule has 0 fully saturated rings. The van der Waals surface area contributed by atoms with Crippen molar-refractivity contribution in [2.24, 2.45) is 0 Å². The number of carbonyl (C=O) groups is 2. The van der Waals surface area contributed by atoms with E-state index in [1.165, 1.54) is 6.07 Å². The Labute approximate surface area is 128 Å². The lowest BCUT2D eigenvalue weighted by Gasteiger charge is -2.22. The molecule has 2 rings (SSSR count). The molecule has 1 aromatic carbocycles. The number of amides is 2. The number of nitrogens with zero attached hydrogens (tertiary/aromatic N) is 1. The molecule has 0 aliphatic heterocycles. The van der Waals surface area contributed by atoms with Gasteiger partial charge in [0.25, 0.3) is 0 Å². The molecule has 0 saturated heterocycles. The maximum absolute atomic E-state index is 12.0. The van der Waals surface area contributed by atoms with Crippen LogP contribution in [0.2, 0.25) is 0 Å². The molecule has 116 valence electrons. The van der Waals surface area contributed by atoms with Crippen molar-refractivity contribution in [1.82, 2.24) is 5.16 Å². The van der Waals surface area contributed by atoms with Gasteiger partial charge in [0.15, 0.2) is 5.82 Å². The highest BCUT2D eigenvalue weighted by Gasteiger charge is 2.21. The first-order chi connectivity index (χ1) is 10.3. The quantitative estimate of drug-likeness (QED) is 0.835. The Morgan fingerprint density at radius 2 is 1.73 bits per heavy atom. The number of hydrogen-bond donors (Lipinski definition) is 2. The molecule has 2 N–H and O–H groups in total. The smallest absolute Gasteiger partial charge is 0.315 e. The zero-order valence-corrected chi connectivity index (χ0v) is 13.1. The number of benzene rings is 1. The Morgan fingerprint density at radius 1 is 1.09 bits per heavy atom. The zero-order valence-electron chi connectivity index (χ0n) is 13.1. The zero-order chi connectivity index (χ0) is 16.3. The molecule has 0 atom stereocenters. The molecule has 0 radical (unpaired) electrons. The van der Waals surface area contributed by atoms with Gasteiger partial charge < -0.3 is 9.84 Å². The summed E-state index contributed by atoms with van der Waals surface area (Å²) in [4.78, 5) is 23.9. The van der Waals surface area contributed by atoms with E-state index in [1.807, 2.05) is 39.0 Å². The minimum absolute atomic E-state index is 0.149. The number of anilines is 2. The average Bonchev–Trinajstić information content (AvgIpc) is 2.83. The molecule has 0 bridgehead atoms. The van der Waals surface area contributed by atoms with E-state index >= 15 is 0 Å². The van der Waals surface area contributed by atoms with Gasteiger partial charge in [-0.25, -0.2) is 0 Å². The molecule has 6 nitrogen and oxygen atoms in total. The predicted octanol–water partition coefficient (Wildman–Crippen LogP) is 2.86. The van der Waals surface area contributed by atoms with Crippen LogP contribution in [0.15, 0.2) is 34.9 Å². The van der Waals surface area contributed by atoms with Crippen molar-refractivity contribution < 1.29 is 14.1 Å². The van der Waals surface area contributed by atoms with Gasteiger partial charge in [-0.1, -0.05) is 44.1 Å². The van der Waals surface area contributed by atoms with E-state index in [4.69, 9.17) is 4.52 Å². The monoisotopic (exact) mass is 301 g/mol. The third-order valence-electron chi connectivity index (χ3n) is 3.06. The summed E-state index contributed by atoms with van der Waals surface area (Å²) in [6.07, 6.45) is 0. The number of hydrogen-bond acceptors (Lipinski definition) is 4. The van der Waals surface area contributed by atoms with Crippen LogP contribution in [0.25, 0.3) is 0 Å². The molecular weight excluding hydrogens is 282 g/mol. The van der Waals surface area contributed by atoms with Crippen LogP contribution >= 0.6 is 0 Å². The number of carbonyl (C=O) groups excluding carboxylic acids is 2. The molecule has 0 aliphatic carbocycles. The van der Waals surface area contributed by atoms with E-state index in [1.54, 1.807) is 13.0 Å². The minimum Gasteiger partial charge on any atom is -0.360 e. The van der Waals surface area contributed by atoms with Gasteiger partial charge in [-0.3, -0.25) is 14.9 Å². The van der Waals surface area contributed by atoms with E-state index in [-0.39, 0.29) is 11.2 Å². The molecule has 2 amide bonds. The van der Waals surface area contributed by atoms with Crippen LogP contribution in [-0.2, 0) is 15.0 Å². The van der Waals surface area contributed by atoms with Gasteiger partial charge in [0.05, 0.1) is 0 Å². The van der Waals surface area contributed by atoms with Crippen LogP contribution in [0.1, 0.15) is 32.1 Å². The molecule has 22 heavy (non-hydrogen) atoms. The maximum atomic E-state index is 12.0. The van der Waals surface area contributed by atoms with Gasteiger partial charge in [-0.2, -0.15) is 0 Å². The highest BCUT2D eigenvalue weighted by molar-refractivity contribution is 6.43. The molecule has 2 aromatic rings. The Hall–Kier alpha value is -2.63. The summed E-state index contributed by atoms with van der Waals surface area (Å²) >= 11 is 0. The van der Waals surface area contributed by atoms with Gasteiger partial charge in [0.1, 0.15) is 5.76 Å². The van der Waals surface area contributed by atoms with Crippen molar-refractivity contribution in [2.45, 2.75) is 33.1 Å². The van der Waals surface area contributed by atoms with Gasteiger partial charge in [0.2, 0.25) is 0 Å². The number of para-hydroxylation sites is 1. The summed E-state index contributed by atoms with van der Waals surface area (Å²) in [6, 6.07) is 8.94. The van der Waals surface area contributed by atoms with Crippen molar-refractivity contribution in [3.63, 3.8) is 0 Å². The van der Waals surface area contributed by atoms with Gasteiger partial charge >= 0.3 is 11.8 Å². The summed E-state index contributed by atoms with van der Waals surface area (Å²) in [5.74, 6) is -0.787. The molecule has 0 unspecified atom stereocenters. The standard InChI is InChI=1S/C16H19N3O3/c1-10-9-13(19-22-10)18-15(21)14(20)17-12-8-6-5-7-11(12)16(2,3)4/h5-9H,1-4H3,(H,17,20)(H,18,19,21). The van der Waals surface area contributed by atoms with Crippen molar-refractivity contribution >= 4 is 23.3 Å². The van der Waals surface area contributed by atoms with Crippen LogP contribution in [0.5, 0.6) is 0 Å². The fraction of sp³-hybridized carbons (Fsp3) is 0.312. The van der Waals surface area contributed by atoms with Crippen LogP contribution in [-0.4, -0.2) is 17.0 Å². The fourth-order valence-electron chi connectivity index (χ4n) is 2.02. The number of aryl methyl sites for hydroxylation is 1. The summed E-state index contributed by atoms with van der Waals surface area (Å²) in [5.41, 5.74) is 1.42. The first-order valence-electron chi connectivity index (χ1n) is 6.92. The third kappa shape index (κ3) is 3.72. The molecule has 6 heteroatoms. The summed E-state index contributed by atoms with van der Waals surface area (Å²) in [6.45, 7) is 7.81. The van der Waals surface area contributed by atoms with Crippen molar-refractivity contribution in [3.8, 4) is 0 Å². The first kappa shape index (κ1) is 15.8. The van der Waals surface area contributed by atoms with Crippen LogP contribution in [0, 0.1) is 6.92 Å². The topological polar surface area (TPSA) is 84.2 Å². The lowest BCUT2D eigenvalue weighted by atomic mass is 9.86. The lowest BCUT2D eigenvalue weighted by molar-refractivity contribution is -0.133. The number of aromatic nitrogens is 1. The summed E-state index contributed by atoms with van der Waals surface area (Å²) in [7, 11) is 0. The SMILES string of the molecule is Cc1cc(NC(=O)C(=O)Nc2ccccc2C(C)(C)C)no1. The largest absolute Gasteiger partial charge is 0.360 e. The number of rotatable bonds is 2. The van der Waals surface area contributed by atoms with Crippen LogP contribution in [0.4, 0.5) is 11.5 Å². The van der Waals surface area contributed by atoms with Crippen LogP contribution < -0.4 is 10.6 Å². The minimum atomic E-state index is -0.794. The molecule has 0 saturated carbocycles. The first-order valence-corrected chi connectivity index (χ1v) is 6.92. The highest BCUT2D eigenvalue weighted by atomic mass is 16.5. The second-order valence-electron chi connectivity index (χ2n) is 6.03. The molecule has 1 aromatic heterocycles. The maximum Gasteiger partial charge on any atom is 0.315 e. The van der Waals surface area contributed by atoms with E-state index in [0.29, 0.717) is 11.4 Å². The van der Waals surface area contributed by atoms with E-state index in [0.717, 1.165) is 5.56 Å². The van der Waals surface area contributed by atoms with E-state index in [2.05, 4.69) is 15.8 Å². The second-order valence-corrected chi connectivity index (χ2v) is 6.03. The Kier molecular flexibility index (Phi) is 4.30. The van der Waals surface area contributed by atoms with Crippen molar-refractivity contribution in [3.05, 3.63) is 41.7 Å². The summed E-state index contributed by atoms with van der Waals surface area (Å²) in [5, 5.41) is 8.63. The Bertz CT molecular complexity index is 699. The van der Waals surface area contributed by atoms with E-state index < -0.39 is 11.8 Å². The Balaban J connectivity index is 2.10. The molecule has 0 aliphatic rings. The van der Waals surface area contributed by atoms with Crippen molar-refractivity contribution in [2.75, 3.05) is 10.6 Å². The summed E-state index contributed by atoms with van der Waals surface area (Å²) < 4.78 is 4.83. The van der Waals surface area contributed by atoms with Crippen LogP contribution in [0.3, 0.4) is 0 Å². The van der Waals surface area contributed by atoms with Gasteiger partial charge in [-0.15, -0.1) is 0 Å². The predicted molar refractivity (Wildman–Crippen MR) is 83.6 cm³/mol. The normalized spacial score (nSPS) is 11.1. The van der Waals surface area contributed by atoms with Gasteiger partial charge in [0, 0.05) is 11.8 Å². The van der Waals surface area contributed by atoms with Crippen molar-refractivity contribution in [1.29, 1.82) is 0 Å². The third-order valence-corrected chi connectivity index (χ3v) is 3.06. The number of nitrogens with one attached hydrogen (secondary N) is 2.